The minimum atomic E-state index is -4.35. The van der Waals surface area contributed by atoms with Crippen molar-refractivity contribution < 1.29 is 13.2 Å². The third-order valence-electron chi connectivity index (χ3n) is 3.43. The van der Waals surface area contributed by atoms with Crippen LogP contribution in [-0.4, -0.2) is 4.98 Å². The number of nitrogens with one attached hydrogen (secondary N) is 1. The molecule has 0 fully saturated rings. The number of aromatic nitrogens is 1. The first-order chi connectivity index (χ1) is 10.3. The molecule has 1 nitrogen and oxygen atoms in total. The summed E-state index contributed by atoms with van der Waals surface area (Å²) in [5.74, 6) is 0. The third kappa shape index (κ3) is 2.94. The van der Waals surface area contributed by atoms with Gasteiger partial charge in [0.05, 0.1) is 5.56 Å². The van der Waals surface area contributed by atoms with Crippen LogP contribution in [0, 0.1) is 0 Å². The van der Waals surface area contributed by atoms with Crippen molar-refractivity contribution in [2.24, 2.45) is 0 Å². The van der Waals surface area contributed by atoms with Gasteiger partial charge >= 0.3 is 6.18 Å². The first-order valence-corrected chi connectivity index (χ1v) is 7.22. The summed E-state index contributed by atoms with van der Waals surface area (Å²) in [7, 11) is 0. The van der Waals surface area contributed by atoms with Gasteiger partial charge in [0.2, 0.25) is 0 Å². The van der Waals surface area contributed by atoms with Gasteiger partial charge in [0.1, 0.15) is 0 Å². The Balaban J connectivity index is 1.99. The molecule has 0 bridgehead atoms. The fraction of sp³-hybridized carbons (Fsp3) is 0.125. The fourth-order valence-corrected chi connectivity index (χ4v) is 2.89. The zero-order valence-corrected chi connectivity index (χ0v) is 12.7. The molecule has 2 aromatic carbocycles. The van der Waals surface area contributed by atoms with E-state index in [-0.39, 0.29) is 0 Å². The van der Waals surface area contributed by atoms with Gasteiger partial charge in [0.15, 0.2) is 0 Å². The van der Waals surface area contributed by atoms with E-state index in [1.165, 1.54) is 6.07 Å². The molecular formula is C16H10Cl2F3N. The maximum atomic E-state index is 12.7. The number of halogens is 5. The molecule has 0 spiro atoms. The van der Waals surface area contributed by atoms with E-state index in [2.05, 4.69) is 4.98 Å². The van der Waals surface area contributed by atoms with Crippen LogP contribution in [0.25, 0.3) is 10.9 Å². The van der Waals surface area contributed by atoms with Crippen LogP contribution in [-0.2, 0) is 12.6 Å². The van der Waals surface area contributed by atoms with Crippen LogP contribution in [0.2, 0.25) is 10.0 Å². The molecule has 6 heteroatoms. The van der Waals surface area contributed by atoms with Crippen molar-refractivity contribution in [3.8, 4) is 0 Å². The lowest BCUT2D eigenvalue weighted by molar-refractivity contribution is -0.137. The van der Waals surface area contributed by atoms with E-state index in [9.17, 15) is 13.2 Å². The maximum absolute atomic E-state index is 12.7. The molecule has 0 aliphatic rings. The number of hydrogen-bond acceptors (Lipinski definition) is 0. The predicted molar refractivity (Wildman–Crippen MR) is 82.6 cm³/mol. The molecule has 1 aromatic heterocycles. The second-order valence-electron chi connectivity index (χ2n) is 4.97. The highest BCUT2D eigenvalue weighted by atomic mass is 35.5. The van der Waals surface area contributed by atoms with Crippen LogP contribution in [0.4, 0.5) is 13.2 Å². The fourth-order valence-electron chi connectivity index (χ4n) is 2.36. The van der Waals surface area contributed by atoms with Crippen molar-refractivity contribution in [3.05, 3.63) is 69.3 Å². The minimum Gasteiger partial charge on any atom is -0.358 e. The number of aromatic amines is 1. The molecule has 0 saturated heterocycles. The first-order valence-electron chi connectivity index (χ1n) is 6.46. The van der Waals surface area contributed by atoms with Crippen LogP contribution in [0.15, 0.2) is 42.5 Å². The average Bonchev–Trinajstić information content (AvgIpc) is 2.83. The highest BCUT2D eigenvalue weighted by molar-refractivity contribution is 6.36. The summed E-state index contributed by atoms with van der Waals surface area (Å²) in [6, 6.07) is 10.5. The van der Waals surface area contributed by atoms with Crippen molar-refractivity contribution in [2.75, 3.05) is 0 Å². The van der Waals surface area contributed by atoms with Crippen molar-refractivity contribution in [2.45, 2.75) is 12.6 Å². The van der Waals surface area contributed by atoms with Gasteiger partial charge in [-0.15, -0.1) is 0 Å². The van der Waals surface area contributed by atoms with Crippen molar-refractivity contribution in [3.63, 3.8) is 0 Å². The van der Waals surface area contributed by atoms with Crippen molar-refractivity contribution in [1.82, 2.24) is 4.98 Å². The van der Waals surface area contributed by atoms with E-state index in [1.54, 1.807) is 24.3 Å². The molecule has 22 heavy (non-hydrogen) atoms. The monoisotopic (exact) mass is 343 g/mol. The molecule has 0 aliphatic carbocycles. The molecule has 1 heterocycles. The smallest absolute Gasteiger partial charge is 0.358 e. The van der Waals surface area contributed by atoms with E-state index >= 15 is 0 Å². The predicted octanol–water partition coefficient (Wildman–Crippen LogP) is 6.08. The summed E-state index contributed by atoms with van der Waals surface area (Å²) in [5, 5.41) is 1.57. The van der Waals surface area contributed by atoms with Crippen LogP contribution in [0.1, 0.15) is 16.8 Å². The lowest BCUT2D eigenvalue weighted by Crippen LogP contribution is -2.03. The Morgan fingerprint density at radius 3 is 2.27 bits per heavy atom. The van der Waals surface area contributed by atoms with Crippen LogP contribution in [0.3, 0.4) is 0 Å². The summed E-state index contributed by atoms with van der Waals surface area (Å²) in [6.07, 6.45) is -3.92. The van der Waals surface area contributed by atoms with Gasteiger partial charge in [-0.1, -0.05) is 29.3 Å². The Bertz CT molecular complexity index is 817. The average molecular weight is 344 g/mol. The van der Waals surface area contributed by atoms with Crippen LogP contribution < -0.4 is 0 Å². The second kappa shape index (κ2) is 5.52. The molecule has 0 saturated carbocycles. The quantitative estimate of drug-likeness (QED) is 0.579. The standard InChI is InChI=1S/C16H10Cl2F3N/c17-13-2-1-3-14(18)12(13)8-11-7-9-6-10(16(19,20)21)4-5-15(9)22-11/h1-7,22H,8H2. The number of rotatable bonds is 2. The molecule has 0 amide bonds. The first kappa shape index (κ1) is 15.3. The summed E-state index contributed by atoms with van der Waals surface area (Å²) < 4.78 is 38.2. The zero-order valence-electron chi connectivity index (χ0n) is 11.1. The maximum Gasteiger partial charge on any atom is 0.416 e. The number of fused-ring (bicyclic) bond motifs is 1. The SMILES string of the molecule is FC(F)(F)c1ccc2[nH]c(Cc3c(Cl)cccc3Cl)cc2c1. The lowest BCUT2D eigenvalue weighted by Gasteiger charge is -2.05. The van der Waals surface area contributed by atoms with Gasteiger partial charge in [0, 0.05) is 33.1 Å². The van der Waals surface area contributed by atoms with Crippen LogP contribution >= 0.6 is 23.2 Å². The molecule has 0 radical (unpaired) electrons. The molecule has 3 aromatic rings. The molecule has 0 unspecified atom stereocenters. The Morgan fingerprint density at radius 1 is 0.955 bits per heavy atom. The van der Waals surface area contributed by atoms with Crippen molar-refractivity contribution >= 4 is 34.1 Å². The van der Waals surface area contributed by atoms with Gasteiger partial charge in [-0.25, -0.2) is 0 Å². The highest BCUT2D eigenvalue weighted by Gasteiger charge is 2.30. The van der Waals surface area contributed by atoms with E-state index in [4.69, 9.17) is 23.2 Å². The summed E-state index contributed by atoms with van der Waals surface area (Å²) >= 11 is 12.2. The normalized spacial score (nSPS) is 12.0. The third-order valence-corrected chi connectivity index (χ3v) is 4.14. The van der Waals surface area contributed by atoms with Crippen molar-refractivity contribution in [1.29, 1.82) is 0 Å². The van der Waals surface area contributed by atoms with E-state index in [0.29, 0.717) is 27.4 Å². The summed E-state index contributed by atoms with van der Waals surface area (Å²) in [4.78, 5) is 3.09. The number of alkyl halides is 3. The van der Waals surface area contributed by atoms with E-state index in [1.807, 2.05) is 0 Å². The van der Waals surface area contributed by atoms with Crippen LogP contribution in [0.5, 0.6) is 0 Å². The number of benzene rings is 2. The molecule has 114 valence electrons. The molecule has 3 rings (SSSR count). The second-order valence-corrected chi connectivity index (χ2v) is 5.79. The highest BCUT2D eigenvalue weighted by Crippen LogP contribution is 2.32. The van der Waals surface area contributed by atoms with E-state index < -0.39 is 11.7 Å². The topological polar surface area (TPSA) is 15.8 Å². The molecular weight excluding hydrogens is 334 g/mol. The van der Waals surface area contributed by atoms with E-state index in [0.717, 1.165) is 23.4 Å². The Labute approximate surface area is 134 Å². The summed E-state index contributed by atoms with van der Waals surface area (Å²) in [6.45, 7) is 0. The minimum absolute atomic E-state index is 0.425. The van der Waals surface area contributed by atoms with Gasteiger partial charge in [0.25, 0.3) is 0 Å². The van der Waals surface area contributed by atoms with Gasteiger partial charge in [-0.05, 0) is 42.0 Å². The zero-order chi connectivity index (χ0) is 15.9. The Morgan fingerprint density at radius 2 is 1.64 bits per heavy atom. The summed E-state index contributed by atoms with van der Waals surface area (Å²) in [5.41, 5.74) is 1.48. The number of hydrogen-bond donors (Lipinski definition) is 1. The lowest BCUT2D eigenvalue weighted by atomic mass is 10.1. The van der Waals surface area contributed by atoms with Gasteiger partial charge in [-0.2, -0.15) is 13.2 Å². The molecule has 0 aliphatic heterocycles. The number of H-pyrrole nitrogens is 1. The largest absolute Gasteiger partial charge is 0.416 e. The Hall–Kier alpha value is -1.65. The molecule has 0 atom stereocenters. The van der Waals surface area contributed by atoms with Gasteiger partial charge in [-0.3, -0.25) is 0 Å². The molecule has 1 N–H and O–H groups in total. The van der Waals surface area contributed by atoms with Gasteiger partial charge < -0.3 is 4.98 Å². The Kier molecular flexibility index (Phi) is 3.83.